The minimum atomic E-state index is -3.59. The molecule has 0 unspecified atom stereocenters. The Balaban J connectivity index is 2.08. The van der Waals surface area contributed by atoms with E-state index in [0.717, 1.165) is 0 Å². The summed E-state index contributed by atoms with van der Waals surface area (Å²) in [5.74, 6) is 0. The average Bonchev–Trinajstić information content (AvgIpc) is 2.96. The average molecular weight is 293 g/mol. The van der Waals surface area contributed by atoms with Crippen molar-refractivity contribution in [2.24, 2.45) is 0 Å². The molecule has 0 aliphatic heterocycles. The van der Waals surface area contributed by atoms with E-state index in [0.29, 0.717) is 22.3 Å². The molecule has 0 bridgehead atoms. The zero-order chi connectivity index (χ0) is 13.5. The zero-order valence-electron chi connectivity index (χ0n) is 9.75. The molecule has 0 saturated carbocycles. The maximum Gasteiger partial charge on any atom is 0.264 e. The topological polar surface area (TPSA) is 88.0 Å². The summed E-state index contributed by atoms with van der Waals surface area (Å²) < 4.78 is 27.1. The van der Waals surface area contributed by atoms with Gasteiger partial charge in [0.15, 0.2) is 0 Å². The van der Waals surface area contributed by atoms with Crippen LogP contribution in [0.1, 0.15) is 0 Å². The quantitative estimate of drug-likeness (QED) is 0.649. The Morgan fingerprint density at radius 3 is 2.84 bits per heavy atom. The highest BCUT2D eigenvalue weighted by atomic mass is 32.2. The van der Waals surface area contributed by atoms with Gasteiger partial charge in [-0.05, 0) is 29.6 Å². The molecule has 3 aromatic rings. The summed E-state index contributed by atoms with van der Waals surface area (Å²) in [6.45, 7) is 0. The Morgan fingerprint density at radius 2 is 2.11 bits per heavy atom. The molecule has 0 saturated heterocycles. The number of rotatable bonds is 3. The third-order valence-electron chi connectivity index (χ3n) is 2.73. The first kappa shape index (κ1) is 12.1. The van der Waals surface area contributed by atoms with Crippen LogP contribution in [-0.4, -0.2) is 13.4 Å². The number of thiophene rings is 1. The fraction of sp³-hybridized carbons (Fsp3) is 0. The number of nitrogen functional groups attached to an aromatic ring is 1. The zero-order valence-corrected chi connectivity index (χ0v) is 11.4. The van der Waals surface area contributed by atoms with Gasteiger partial charge in [-0.1, -0.05) is 0 Å². The van der Waals surface area contributed by atoms with Crippen LogP contribution in [0.3, 0.4) is 0 Å². The smallest absolute Gasteiger partial charge is 0.264 e. The van der Waals surface area contributed by atoms with Crippen molar-refractivity contribution in [2.45, 2.75) is 4.90 Å². The lowest BCUT2D eigenvalue weighted by atomic mass is 10.2. The molecule has 0 amide bonds. The number of hydrogen-bond donors (Lipinski definition) is 3. The van der Waals surface area contributed by atoms with Gasteiger partial charge < -0.3 is 10.7 Å². The van der Waals surface area contributed by atoms with Gasteiger partial charge in [0.1, 0.15) is 4.90 Å². The van der Waals surface area contributed by atoms with Crippen molar-refractivity contribution in [3.63, 3.8) is 0 Å². The maximum atomic E-state index is 12.3. The second kappa shape index (κ2) is 4.29. The van der Waals surface area contributed by atoms with E-state index in [1.807, 2.05) is 5.38 Å². The van der Waals surface area contributed by atoms with Crippen molar-refractivity contribution in [1.29, 1.82) is 0 Å². The number of nitrogens with one attached hydrogen (secondary N) is 2. The molecule has 0 aliphatic rings. The number of hydrogen-bond acceptors (Lipinski definition) is 4. The van der Waals surface area contributed by atoms with Gasteiger partial charge in [0.25, 0.3) is 10.0 Å². The highest BCUT2D eigenvalue weighted by molar-refractivity contribution is 7.93. The minimum absolute atomic E-state index is 0.216. The van der Waals surface area contributed by atoms with Gasteiger partial charge >= 0.3 is 0 Å². The van der Waals surface area contributed by atoms with Gasteiger partial charge in [-0.15, -0.1) is 0 Å². The fourth-order valence-corrected chi connectivity index (χ4v) is 3.76. The molecule has 0 fully saturated rings. The van der Waals surface area contributed by atoms with Crippen LogP contribution < -0.4 is 10.5 Å². The predicted molar refractivity (Wildman–Crippen MR) is 77.8 cm³/mol. The number of sulfonamides is 1. The molecule has 2 aromatic heterocycles. The Morgan fingerprint density at radius 1 is 1.26 bits per heavy atom. The van der Waals surface area contributed by atoms with Crippen molar-refractivity contribution < 1.29 is 8.42 Å². The van der Waals surface area contributed by atoms with Crippen molar-refractivity contribution in [3.05, 3.63) is 41.2 Å². The molecule has 0 aliphatic carbocycles. The van der Waals surface area contributed by atoms with Gasteiger partial charge in [0.05, 0.1) is 5.69 Å². The Bertz CT molecular complexity index is 820. The molecule has 1 aromatic carbocycles. The number of aromatic amines is 1. The van der Waals surface area contributed by atoms with Crippen LogP contribution in [0.4, 0.5) is 11.4 Å². The largest absolute Gasteiger partial charge is 0.399 e. The molecule has 98 valence electrons. The van der Waals surface area contributed by atoms with Crippen LogP contribution in [0.5, 0.6) is 0 Å². The number of H-pyrrole nitrogens is 1. The monoisotopic (exact) mass is 293 g/mol. The number of anilines is 2. The third kappa shape index (κ3) is 2.18. The Labute approximate surface area is 114 Å². The third-order valence-corrected chi connectivity index (χ3v) is 4.84. The van der Waals surface area contributed by atoms with Crippen LogP contribution in [-0.2, 0) is 10.0 Å². The van der Waals surface area contributed by atoms with E-state index in [1.165, 1.54) is 17.5 Å². The van der Waals surface area contributed by atoms with Gasteiger partial charge in [0.2, 0.25) is 0 Å². The molecule has 19 heavy (non-hydrogen) atoms. The first-order valence-corrected chi connectivity index (χ1v) is 7.90. The Kier molecular flexibility index (Phi) is 2.72. The van der Waals surface area contributed by atoms with E-state index in [4.69, 9.17) is 5.73 Å². The lowest BCUT2D eigenvalue weighted by Gasteiger charge is -2.04. The molecule has 0 atom stereocenters. The summed E-state index contributed by atoms with van der Waals surface area (Å²) in [5, 5.41) is 4.18. The van der Waals surface area contributed by atoms with Crippen molar-refractivity contribution in [1.82, 2.24) is 4.98 Å². The number of aromatic nitrogens is 1. The first-order valence-electron chi connectivity index (χ1n) is 5.48. The minimum Gasteiger partial charge on any atom is -0.399 e. The van der Waals surface area contributed by atoms with Crippen molar-refractivity contribution in [2.75, 3.05) is 10.5 Å². The number of fused-ring (bicyclic) bond motifs is 1. The van der Waals surface area contributed by atoms with Crippen LogP contribution in [0.15, 0.2) is 46.1 Å². The fourth-order valence-electron chi connectivity index (χ4n) is 1.87. The van der Waals surface area contributed by atoms with Gasteiger partial charge in [0, 0.05) is 28.2 Å². The number of benzene rings is 1. The standard InChI is InChI=1S/C12H11N3O2S2/c13-8-1-2-10-11(5-8)14-6-12(10)19(16,17)15-9-3-4-18-7-9/h1-7,14-15H,13H2. The normalized spacial score (nSPS) is 11.8. The number of nitrogens with two attached hydrogens (primary N) is 1. The van der Waals surface area contributed by atoms with Gasteiger partial charge in [-0.3, -0.25) is 4.72 Å². The van der Waals surface area contributed by atoms with Crippen LogP contribution in [0.2, 0.25) is 0 Å². The highest BCUT2D eigenvalue weighted by Gasteiger charge is 2.19. The predicted octanol–water partition coefficient (Wildman–Crippen LogP) is 2.61. The maximum absolute atomic E-state index is 12.3. The van der Waals surface area contributed by atoms with E-state index in [1.54, 1.807) is 29.6 Å². The summed E-state index contributed by atoms with van der Waals surface area (Å²) >= 11 is 1.43. The van der Waals surface area contributed by atoms with Crippen molar-refractivity contribution >= 4 is 43.6 Å². The van der Waals surface area contributed by atoms with E-state index in [-0.39, 0.29) is 4.90 Å². The lowest BCUT2D eigenvalue weighted by molar-refractivity contribution is 0.602. The molecule has 7 heteroatoms. The van der Waals surface area contributed by atoms with Gasteiger partial charge in [-0.25, -0.2) is 8.42 Å². The summed E-state index contributed by atoms with van der Waals surface area (Å²) in [7, 11) is -3.59. The van der Waals surface area contributed by atoms with E-state index in [2.05, 4.69) is 9.71 Å². The molecule has 4 N–H and O–H groups in total. The molecular weight excluding hydrogens is 282 g/mol. The summed E-state index contributed by atoms with van der Waals surface area (Å²) in [4.78, 5) is 3.13. The van der Waals surface area contributed by atoms with Crippen LogP contribution in [0.25, 0.3) is 10.9 Å². The van der Waals surface area contributed by atoms with Gasteiger partial charge in [-0.2, -0.15) is 11.3 Å². The van der Waals surface area contributed by atoms with Crippen molar-refractivity contribution in [3.8, 4) is 0 Å². The summed E-state index contributed by atoms with van der Waals surface area (Å²) in [6, 6.07) is 6.80. The second-order valence-electron chi connectivity index (χ2n) is 4.08. The Hall–Kier alpha value is -1.99. The van der Waals surface area contributed by atoms with Crippen LogP contribution in [0, 0.1) is 0 Å². The van der Waals surface area contributed by atoms with Crippen LogP contribution >= 0.6 is 11.3 Å². The molecule has 2 heterocycles. The summed E-state index contributed by atoms with van der Waals surface area (Å²) in [6.07, 6.45) is 1.47. The van der Waals surface area contributed by atoms with E-state index in [9.17, 15) is 8.42 Å². The first-order chi connectivity index (χ1) is 9.06. The summed E-state index contributed by atoms with van der Waals surface area (Å²) in [5.41, 5.74) is 7.52. The molecule has 0 radical (unpaired) electrons. The molecule has 3 rings (SSSR count). The second-order valence-corrected chi connectivity index (χ2v) is 6.51. The molecule has 5 nitrogen and oxygen atoms in total. The van der Waals surface area contributed by atoms with E-state index < -0.39 is 10.0 Å². The SMILES string of the molecule is Nc1ccc2c(S(=O)(=O)Nc3ccsc3)c[nH]c2c1. The highest BCUT2D eigenvalue weighted by Crippen LogP contribution is 2.26. The molecular formula is C12H11N3O2S2. The lowest BCUT2D eigenvalue weighted by Crippen LogP contribution is -2.11. The van der Waals surface area contributed by atoms with E-state index >= 15 is 0 Å². The molecule has 0 spiro atoms.